The first-order valence-electron chi connectivity index (χ1n) is 6.29. The van der Waals surface area contributed by atoms with E-state index >= 15 is 0 Å². The molecule has 0 spiro atoms. The van der Waals surface area contributed by atoms with Gasteiger partial charge in [-0.2, -0.15) is 0 Å². The maximum absolute atomic E-state index is 5.61. The van der Waals surface area contributed by atoms with Crippen LogP contribution in [0.4, 0.5) is 0 Å². The second-order valence-electron chi connectivity index (χ2n) is 4.40. The van der Waals surface area contributed by atoms with E-state index in [1.807, 2.05) is 60.8 Å². The number of hydrogen-bond donors (Lipinski definition) is 0. The first-order chi connectivity index (χ1) is 9.81. The van der Waals surface area contributed by atoms with Crippen molar-refractivity contribution in [1.29, 1.82) is 0 Å². The number of halogens is 1. The fourth-order valence-corrected chi connectivity index (χ4v) is 2.15. The summed E-state index contributed by atoms with van der Waals surface area (Å²) in [7, 11) is 0. The maximum atomic E-state index is 5.61. The monoisotopic (exact) mass is 328 g/mol. The summed E-state index contributed by atoms with van der Waals surface area (Å²) in [6, 6.07) is 18.1. The Balaban J connectivity index is 1.69. The van der Waals surface area contributed by atoms with Crippen LogP contribution < -0.4 is 4.84 Å². The molecule has 0 fully saturated rings. The first-order valence-corrected chi connectivity index (χ1v) is 7.08. The van der Waals surface area contributed by atoms with Crippen molar-refractivity contribution in [2.45, 2.75) is 6.61 Å². The van der Waals surface area contributed by atoms with E-state index in [0.717, 1.165) is 21.2 Å². The van der Waals surface area contributed by atoms with Crippen molar-refractivity contribution in [3.05, 3.63) is 77.0 Å². The minimum absolute atomic E-state index is 0.502. The van der Waals surface area contributed by atoms with Crippen LogP contribution in [0, 0.1) is 0 Å². The van der Waals surface area contributed by atoms with Gasteiger partial charge in [0.25, 0.3) is 0 Å². The van der Waals surface area contributed by atoms with Crippen molar-refractivity contribution in [2.75, 3.05) is 0 Å². The molecule has 3 aromatic rings. The Hall–Kier alpha value is -2.07. The fraction of sp³-hybridized carbons (Fsp3) is 0.0625. The Morgan fingerprint density at radius 3 is 2.45 bits per heavy atom. The van der Waals surface area contributed by atoms with Gasteiger partial charge in [-0.25, -0.2) is 0 Å². The minimum Gasteiger partial charge on any atom is -0.392 e. The van der Waals surface area contributed by atoms with Crippen molar-refractivity contribution in [1.82, 2.24) is 9.94 Å². The average molecular weight is 329 g/mol. The summed E-state index contributed by atoms with van der Waals surface area (Å²) in [5, 5.41) is 4.21. The molecule has 0 N–H and O–H groups in total. The quantitative estimate of drug-likeness (QED) is 0.725. The molecule has 20 heavy (non-hydrogen) atoms. The Morgan fingerprint density at radius 2 is 1.70 bits per heavy atom. The van der Waals surface area contributed by atoms with Gasteiger partial charge in [0.2, 0.25) is 0 Å². The van der Waals surface area contributed by atoms with E-state index in [2.05, 4.69) is 21.0 Å². The lowest BCUT2D eigenvalue weighted by Crippen LogP contribution is -2.11. The van der Waals surface area contributed by atoms with Gasteiger partial charge in [0, 0.05) is 10.0 Å². The normalized spacial score (nSPS) is 10.4. The molecule has 0 aliphatic rings. The summed E-state index contributed by atoms with van der Waals surface area (Å²) in [5.41, 5.74) is 3.27. The van der Waals surface area contributed by atoms with E-state index in [4.69, 9.17) is 4.84 Å². The van der Waals surface area contributed by atoms with Crippen LogP contribution in [0.25, 0.3) is 11.1 Å². The van der Waals surface area contributed by atoms with Crippen LogP contribution in [-0.4, -0.2) is 9.94 Å². The Bertz CT molecular complexity index is 677. The number of benzene rings is 2. The highest BCUT2D eigenvalue weighted by molar-refractivity contribution is 9.10. The molecule has 3 nitrogen and oxygen atoms in total. The zero-order valence-electron chi connectivity index (χ0n) is 10.7. The zero-order valence-corrected chi connectivity index (χ0v) is 12.3. The lowest BCUT2D eigenvalue weighted by molar-refractivity contribution is 0.0701. The predicted molar refractivity (Wildman–Crippen MR) is 82.1 cm³/mol. The molecule has 0 aliphatic heterocycles. The van der Waals surface area contributed by atoms with E-state index in [0.29, 0.717) is 6.61 Å². The van der Waals surface area contributed by atoms with Gasteiger partial charge in [0.15, 0.2) is 0 Å². The van der Waals surface area contributed by atoms with Gasteiger partial charge in [-0.05, 0) is 23.3 Å². The standard InChI is InChI=1S/C16H13BrN2O/c17-16-8-6-14(7-9-16)15-10-18-19(11-15)20-12-13-4-2-1-3-5-13/h1-11H,12H2. The van der Waals surface area contributed by atoms with Gasteiger partial charge in [-0.15, -0.1) is 9.94 Å². The average Bonchev–Trinajstić information content (AvgIpc) is 2.96. The first kappa shape index (κ1) is 12.9. The molecule has 0 saturated carbocycles. The molecule has 2 aromatic carbocycles. The summed E-state index contributed by atoms with van der Waals surface area (Å²) >= 11 is 3.43. The third-order valence-corrected chi connectivity index (χ3v) is 3.47. The molecule has 0 radical (unpaired) electrons. The largest absolute Gasteiger partial charge is 0.392 e. The number of nitrogens with zero attached hydrogens (tertiary/aromatic N) is 2. The molecule has 0 atom stereocenters. The second kappa shape index (κ2) is 5.92. The number of aromatic nitrogens is 2. The summed E-state index contributed by atoms with van der Waals surface area (Å²) in [5.74, 6) is 0. The van der Waals surface area contributed by atoms with Crippen molar-refractivity contribution in [3.8, 4) is 11.1 Å². The third-order valence-electron chi connectivity index (χ3n) is 2.94. The van der Waals surface area contributed by atoms with Gasteiger partial charge in [0.1, 0.15) is 6.61 Å². The summed E-state index contributed by atoms with van der Waals surface area (Å²) in [6.07, 6.45) is 3.68. The molecule has 0 amide bonds. The van der Waals surface area contributed by atoms with Gasteiger partial charge in [-0.3, -0.25) is 0 Å². The highest BCUT2D eigenvalue weighted by Crippen LogP contribution is 2.20. The zero-order chi connectivity index (χ0) is 13.8. The van der Waals surface area contributed by atoms with Gasteiger partial charge in [0.05, 0.1) is 12.4 Å². The van der Waals surface area contributed by atoms with Crippen LogP contribution in [0.2, 0.25) is 0 Å². The van der Waals surface area contributed by atoms with Crippen molar-refractivity contribution in [3.63, 3.8) is 0 Å². The van der Waals surface area contributed by atoms with Crippen molar-refractivity contribution in [2.24, 2.45) is 0 Å². The van der Waals surface area contributed by atoms with Crippen LogP contribution >= 0.6 is 15.9 Å². The van der Waals surface area contributed by atoms with Crippen LogP contribution in [-0.2, 0) is 6.61 Å². The summed E-state index contributed by atoms with van der Waals surface area (Å²) in [6.45, 7) is 0.502. The molecular weight excluding hydrogens is 316 g/mol. The number of rotatable bonds is 4. The summed E-state index contributed by atoms with van der Waals surface area (Å²) in [4.78, 5) is 7.12. The molecule has 100 valence electrons. The van der Waals surface area contributed by atoms with E-state index < -0.39 is 0 Å². The molecular formula is C16H13BrN2O. The van der Waals surface area contributed by atoms with Crippen molar-refractivity contribution < 1.29 is 4.84 Å². The van der Waals surface area contributed by atoms with E-state index in [1.54, 1.807) is 6.20 Å². The van der Waals surface area contributed by atoms with Crippen LogP contribution in [0.3, 0.4) is 0 Å². The molecule has 1 aromatic heterocycles. The molecule has 3 rings (SSSR count). The van der Waals surface area contributed by atoms with E-state index in [1.165, 1.54) is 4.85 Å². The summed E-state index contributed by atoms with van der Waals surface area (Å²) < 4.78 is 1.06. The predicted octanol–water partition coefficient (Wildman–Crippen LogP) is 3.94. The van der Waals surface area contributed by atoms with Gasteiger partial charge >= 0.3 is 0 Å². The molecule has 0 unspecified atom stereocenters. The van der Waals surface area contributed by atoms with E-state index in [9.17, 15) is 0 Å². The highest BCUT2D eigenvalue weighted by atomic mass is 79.9. The van der Waals surface area contributed by atoms with Gasteiger partial charge in [-0.1, -0.05) is 58.4 Å². The highest BCUT2D eigenvalue weighted by Gasteiger charge is 2.02. The van der Waals surface area contributed by atoms with Gasteiger partial charge < -0.3 is 4.84 Å². The lowest BCUT2D eigenvalue weighted by atomic mass is 10.1. The van der Waals surface area contributed by atoms with Crippen molar-refractivity contribution >= 4 is 15.9 Å². The smallest absolute Gasteiger partial charge is 0.142 e. The number of hydrogen-bond acceptors (Lipinski definition) is 2. The van der Waals surface area contributed by atoms with Crippen LogP contribution in [0.15, 0.2) is 71.5 Å². The molecule has 4 heteroatoms. The van der Waals surface area contributed by atoms with Crippen LogP contribution in [0.5, 0.6) is 0 Å². The molecule has 1 heterocycles. The Labute approximate surface area is 125 Å². The lowest BCUT2D eigenvalue weighted by Gasteiger charge is -2.04. The second-order valence-corrected chi connectivity index (χ2v) is 5.31. The Morgan fingerprint density at radius 1 is 0.950 bits per heavy atom. The Kier molecular flexibility index (Phi) is 3.83. The minimum atomic E-state index is 0.502. The maximum Gasteiger partial charge on any atom is 0.142 e. The molecule has 0 aliphatic carbocycles. The fourth-order valence-electron chi connectivity index (χ4n) is 1.88. The van der Waals surface area contributed by atoms with Crippen LogP contribution in [0.1, 0.15) is 5.56 Å². The molecule has 0 saturated heterocycles. The third kappa shape index (κ3) is 3.08. The SMILES string of the molecule is Brc1ccc(-c2cnn(OCc3ccccc3)c2)cc1. The van der Waals surface area contributed by atoms with E-state index in [-0.39, 0.29) is 0 Å². The topological polar surface area (TPSA) is 27.1 Å². The molecule has 0 bridgehead atoms.